The maximum atomic E-state index is 12.9. The third-order valence-corrected chi connectivity index (χ3v) is 2.58. The van der Waals surface area contributed by atoms with E-state index in [-0.39, 0.29) is 12.4 Å². The number of urea groups is 1. The molecule has 1 heterocycles. The van der Waals surface area contributed by atoms with Crippen molar-refractivity contribution in [3.05, 3.63) is 36.5 Å². The molecule has 6 nitrogen and oxygen atoms in total. The molecule has 23 heavy (non-hydrogen) atoms. The molecular formula is C13H15F4N3O3. The van der Waals surface area contributed by atoms with Crippen molar-refractivity contribution < 1.29 is 32.2 Å². The van der Waals surface area contributed by atoms with Crippen LogP contribution < -0.4 is 10.6 Å². The lowest BCUT2D eigenvalue weighted by molar-refractivity contribution is -0.237. The summed E-state index contributed by atoms with van der Waals surface area (Å²) in [4.78, 5) is 15.0. The first-order valence-electron chi connectivity index (χ1n) is 6.43. The molecule has 10 heteroatoms. The zero-order valence-electron chi connectivity index (χ0n) is 12.0. The van der Waals surface area contributed by atoms with Gasteiger partial charge in [0.25, 0.3) is 0 Å². The second kappa shape index (κ2) is 7.77. The Hall–Kier alpha value is -2.36. The molecule has 0 aliphatic rings. The van der Waals surface area contributed by atoms with E-state index >= 15 is 0 Å². The van der Waals surface area contributed by atoms with Crippen molar-refractivity contribution in [1.82, 2.24) is 10.3 Å². The van der Waals surface area contributed by atoms with Crippen LogP contribution >= 0.6 is 0 Å². The van der Waals surface area contributed by atoms with Crippen LogP contribution in [0.5, 0.6) is 0 Å². The van der Waals surface area contributed by atoms with Gasteiger partial charge in [-0.05, 0) is 25.1 Å². The molecule has 0 radical (unpaired) electrons. The predicted octanol–water partition coefficient (Wildman–Crippen LogP) is 2.19. The number of aliphatic hydroxyl groups is 1. The fourth-order valence-corrected chi connectivity index (χ4v) is 1.34. The van der Waals surface area contributed by atoms with Crippen molar-refractivity contribution in [2.24, 2.45) is 0 Å². The van der Waals surface area contributed by atoms with Crippen LogP contribution in [-0.4, -0.2) is 41.1 Å². The number of carbonyl (C=O) groups excluding carboxylic acids is 1. The second-order valence-corrected chi connectivity index (χ2v) is 4.35. The number of aromatic nitrogens is 1. The number of amides is 2. The molecule has 0 spiro atoms. The highest BCUT2D eigenvalue weighted by molar-refractivity contribution is 5.88. The van der Waals surface area contributed by atoms with Gasteiger partial charge in [-0.15, -0.1) is 0 Å². The Morgan fingerprint density at radius 3 is 2.65 bits per heavy atom. The topological polar surface area (TPSA) is 83.5 Å². The van der Waals surface area contributed by atoms with Crippen LogP contribution in [0.2, 0.25) is 0 Å². The van der Waals surface area contributed by atoms with Crippen molar-refractivity contribution in [2.75, 3.05) is 18.5 Å². The number of ether oxygens (including phenoxy) is 1. The molecule has 1 aromatic heterocycles. The molecule has 128 valence electrons. The van der Waals surface area contributed by atoms with Gasteiger partial charge in [-0.25, -0.2) is 14.2 Å². The summed E-state index contributed by atoms with van der Waals surface area (Å²) in [5, 5.41) is 13.6. The first kappa shape index (κ1) is 18.7. The Morgan fingerprint density at radius 2 is 2.13 bits per heavy atom. The molecule has 0 saturated heterocycles. The SMILES string of the molecule is CCOC=CC(O)(CNC(=O)Nc1ccc(F)cn1)C(F)(F)F. The number of rotatable bonds is 6. The van der Waals surface area contributed by atoms with Crippen LogP contribution in [-0.2, 0) is 4.74 Å². The third kappa shape index (κ3) is 5.74. The van der Waals surface area contributed by atoms with Crippen molar-refractivity contribution in [3.8, 4) is 0 Å². The van der Waals surface area contributed by atoms with E-state index in [9.17, 15) is 27.5 Å². The third-order valence-electron chi connectivity index (χ3n) is 2.58. The minimum absolute atomic E-state index is 0.0655. The van der Waals surface area contributed by atoms with E-state index in [0.29, 0.717) is 12.3 Å². The standard InChI is InChI=1S/C13H15F4N3O3/c1-2-23-6-5-12(22,13(15,16)17)8-19-11(21)20-10-4-3-9(14)7-18-10/h3-7,22H,2,8H2,1H3,(H2,18,19,20,21). The summed E-state index contributed by atoms with van der Waals surface area (Å²) in [5.41, 5.74) is -3.30. The van der Waals surface area contributed by atoms with Crippen LogP contribution in [0.4, 0.5) is 28.2 Å². The molecular weight excluding hydrogens is 322 g/mol. The van der Waals surface area contributed by atoms with Crippen molar-refractivity contribution in [2.45, 2.75) is 18.7 Å². The molecule has 0 fully saturated rings. The number of alkyl halides is 3. The van der Waals surface area contributed by atoms with Crippen LogP contribution in [0.15, 0.2) is 30.7 Å². The smallest absolute Gasteiger partial charge is 0.422 e. The van der Waals surface area contributed by atoms with Gasteiger partial charge in [0.2, 0.25) is 0 Å². The van der Waals surface area contributed by atoms with Gasteiger partial charge in [0.05, 0.1) is 25.6 Å². The lowest BCUT2D eigenvalue weighted by atomic mass is 10.0. The number of hydrogen-bond donors (Lipinski definition) is 3. The van der Waals surface area contributed by atoms with Gasteiger partial charge < -0.3 is 15.2 Å². The highest BCUT2D eigenvalue weighted by Crippen LogP contribution is 2.31. The fraction of sp³-hybridized carbons (Fsp3) is 0.385. The van der Waals surface area contributed by atoms with E-state index < -0.39 is 30.2 Å². The summed E-state index contributed by atoms with van der Waals surface area (Å²) >= 11 is 0. The van der Waals surface area contributed by atoms with Crippen LogP contribution in [0.25, 0.3) is 0 Å². The Kier molecular flexibility index (Phi) is 6.31. The first-order valence-corrected chi connectivity index (χ1v) is 6.43. The van der Waals surface area contributed by atoms with E-state index in [1.54, 1.807) is 6.92 Å². The molecule has 2 amide bonds. The lowest BCUT2D eigenvalue weighted by Crippen LogP contribution is -2.52. The van der Waals surface area contributed by atoms with E-state index in [1.807, 2.05) is 5.32 Å². The average molecular weight is 337 g/mol. The molecule has 0 bridgehead atoms. The molecule has 1 atom stereocenters. The largest absolute Gasteiger partial charge is 0.502 e. The van der Waals surface area contributed by atoms with Crippen molar-refractivity contribution in [3.63, 3.8) is 0 Å². The van der Waals surface area contributed by atoms with Gasteiger partial charge in [0, 0.05) is 0 Å². The van der Waals surface area contributed by atoms with Crippen LogP contribution in [0, 0.1) is 5.82 Å². The van der Waals surface area contributed by atoms with Crippen LogP contribution in [0.1, 0.15) is 6.92 Å². The average Bonchev–Trinajstić information content (AvgIpc) is 2.47. The zero-order chi connectivity index (χ0) is 17.5. The number of pyridine rings is 1. The summed E-state index contributed by atoms with van der Waals surface area (Å²) in [6.07, 6.45) is -3.10. The number of halogens is 4. The summed E-state index contributed by atoms with van der Waals surface area (Å²) < 4.78 is 55.9. The Morgan fingerprint density at radius 1 is 1.43 bits per heavy atom. The number of nitrogens with one attached hydrogen (secondary N) is 2. The quantitative estimate of drug-likeness (QED) is 0.549. The normalized spacial score (nSPS) is 14.3. The monoisotopic (exact) mass is 337 g/mol. The Bertz CT molecular complexity index is 548. The maximum absolute atomic E-state index is 12.9. The summed E-state index contributed by atoms with van der Waals surface area (Å²) in [6, 6.07) is 1.09. The minimum Gasteiger partial charge on any atom is -0.502 e. The van der Waals surface area contributed by atoms with Crippen molar-refractivity contribution in [1.29, 1.82) is 0 Å². The summed E-state index contributed by atoms with van der Waals surface area (Å²) in [6.45, 7) is 0.528. The van der Waals surface area contributed by atoms with Gasteiger partial charge in [-0.2, -0.15) is 13.2 Å². The number of anilines is 1. The molecule has 0 saturated carbocycles. The highest BCUT2D eigenvalue weighted by atomic mass is 19.4. The van der Waals surface area contributed by atoms with Crippen molar-refractivity contribution >= 4 is 11.8 Å². The molecule has 0 aliphatic heterocycles. The van der Waals surface area contributed by atoms with Gasteiger partial charge >= 0.3 is 12.2 Å². The van der Waals surface area contributed by atoms with E-state index in [0.717, 1.165) is 18.3 Å². The minimum atomic E-state index is -5.03. The van der Waals surface area contributed by atoms with E-state index in [1.165, 1.54) is 0 Å². The number of carbonyl (C=O) groups is 1. The second-order valence-electron chi connectivity index (χ2n) is 4.35. The maximum Gasteiger partial charge on any atom is 0.422 e. The zero-order valence-corrected chi connectivity index (χ0v) is 12.0. The number of nitrogens with zero attached hydrogens (tertiary/aromatic N) is 1. The van der Waals surface area contributed by atoms with E-state index in [4.69, 9.17) is 0 Å². The molecule has 1 aromatic rings. The van der Waals surface area contributed by atoms with Gasteiger partial charge in [-0.1, -0.05) is 0 Å². The number of hydrogen-bond acceptors (Lipinski definition) is 4. The molecule has 3 N–H and O–H groups in total. The Balaban J connectivity index is 2.66. The molecule has 0 aromatic carbocycles. The molecule has 0 aliphatic carbocycles. The Labute approximate surface area is 129 Å². The molecule has 1 rings (SSSR count). The predicted molar refractivity (Wildman–Crippen MR) is 73.0 cm³/mol. The fourth-order valence-electron chi connectivity index (χ4n) is 1.34. The summed E-state index contributed by atoms with van der Waals surface area (Å²) in [5.74, 6) is -0.701. The van der Waals surface area contributed by atoms with Gasteiger partial charge in [0.1, 0.15) is 11.6 Å². The van der Waals surface area contributed by atoms with Gasteiger partial charge in [-0.3, -0.25) is 5.32 Å². The van der Waals surface area contributed by atoms with Crippen LogP contribution in [0.3, 0.4) is 0 Å². The summed E-state index contributed by atoms with van der Waals surface area (Å²) in [7, 11) is 0. The first-order chi connectivity index (χ1) is 10.7. The van der Waals surface area contributed by atoms with E-state index in [2.05, 4.69) is 15.0 Å². The lowest BCUT2D eigenvalue weighted by Gasteiger charge is -2.27. The molecule has 1 unspecified atom stereocenters. The van der Waals surface area contributed by atoms with Gasteiger partial charge in [0.15, 0.2) is 5.60 Å². The highest BCUT2D eigenvalue weighted by Gasteiger charge is 2.52.